The molecule has 0 aromatic heterocycles. The van der Waals surface area contributed by atoms with Crippen molar-refractivity contribution in [3.8, 4) is 0 Å². The zero-order chi connectivity index (χ0) is 10.5. The molecule has 0 saturated heterocycles. The lowest BCUT2D eigenvalue weighted by atomic mass is 9.93. The van der Waals surface area contributed by atoms with E-state index in [-0.39, 0.29) is 0 Å². The molecule has 0 aliphatic heterocycles. The zero-order valence-electron chi connectivity index (χ0n) is 9.63. The standard InChI is InChI=1S/C14H21N/c1-2-4-12-7-9-13(10-8-12)11-15-14-5-3-6-14/h7-10,14-15H,2-6,11H2,1H3. The number of rotatable bonds is 5. The van der Waals surface area contributed by atoms with Gasteiger partial charge in [0, 0.05) is 12.6 Å². The quantitative estimate of drug-likeness (QED) is 0.774. The highest BCUT2D eigenvalue weighted by atomic mass is 14.9. The van der Waals surface area contributed by atoms with Gasteiger partial charge < -0.3 is 5.32 Å². The van der Waals surface area contributed by atoms with Gasteiger partial charge >= 0.3 is 0 Å². The largest absolute Gasteiger partial charge is 0.310 e. The maximum Gasteiger partial charge on any atom is 0.0208 e. The number of benzene rings is 1. The molecule has 0 spiro atoms. The molecule has 1 aliphatic carbocycles. The van der Waals surface area contributed by atoms with Gasteiger partial charge in [-0.1, -0.05) is 44.0 Å². The van der Waals surface area contributed by atoms with Crippen molar-refractivity contribution in [3.05, 3.63) is 35.4 Å². The third-order valence-electron chi connectivity index (χ3n) is 3.26. The van der Waals surface area contributed by atoms with Crippen LogP contribution in [0.2, 0.25) is 0 Å². The Morgan fingerprint density at radius 2 is 1.80 bits per heavy atom. The molecule has 0 amide bonds. The van der Waals surface area contributed by atoms with Gasteiger partial charge in [0.05, 0.1) is 0 Å². The van der Waals surface area contributed by atoms with E-state index in [2.05, 4.69) is 36.5 Å². The van der Waals surface area contributed by atoms with Crippen LogP contribution in [-0.4, -0.2) is 6.04 Å². The summed E-state index contributed by atoms with van der Waals surface area (Å²) in [5.41, 5.74) is 2.88. The first-order valence-corrected chi connectivity index (χ1v) is 6.19. The van der Waals surface area contributed by atoms with E-state index < -0.39 is 0 Å². The molecule has 2 rings (SSSR count). The molecule has 0 radical (unpaired) electrons. The van der Waals surface area contributed by atoms with Crippen molar-refractivity contribution in [3.63, 3.8) is 0 Å². The van der Waals surface area contributed by atoms with Crippen LogP contribution >= 0.6 is 0 Å². The lowest BCUT2D eigenvalue weighted by Crippen LogP contribution is -2.34. The van der Waals surface area contributed by atoms with Gasteiger partial charge in [-0.3, -0.25) is 0 Å². The topological polar surface area (TPSA) is 12.0 Å². The maximum atomic E-state index is 3.59. The molecule has 1 aromatic rings. The summed E-state index contributed by atoms with van der Waals surface area (Å²) in [6.45, 7) is 3.27. The molecule has 15 heavy (non-hydrogen) atoms. The molecule has 1 fully saturated rings. The summed E-state index contributed by atoms with van der Waals surface area (Å²) in [5.74, 6) is 0. The summed E-state index contributed by atoms with van der Waals surface area (Å²) in [6, 6.07) is 9.84. The average Bonchev–Trinajstić information content (AvgIpc) is 2.19. The van der Waals surface area contributed by atoms with Gasteiger partial charge in [-0.25, -0.2) is 0 Å². The van der Waals surface area contributed by atoms with Gasteiger partial charge in [0.1, 0.15) is 0 Å². The monoisotopic (exact) mass is 203 g/mol. The van der Waals surface area contributed by atoms with E-state index >= 15 is 0 Å². The van der Waals surface area contributed by atoms with Crippen LogP contribution < -0.4 is 5.32 Å². The van der Waals surface area contributed by atoms with E-state index in [0.29, 0.717) is 0 Å². The Morgan fingerprint density at radius 3 is 2.33 bits per heavy atom. The Hall–Kier alpha value is -0.820. The van der Waals surface area contributed by atoms with E-state index in [0.717, 1.165) is 12.6 Å². The fraction of sp³-hybridized carbons (Fsp3) is 0.571. The van der Waals surface area contributed by atoms with Crippen molar-refractivity contribution in [2.75, 3.05) is 0 Å². The van der Waals surface area contributed by atoms with E-state index in [1.54, 1.807) is 0 Å². The zero-order valence-corrected chi connectivity index (χ0v) is 9.63. The van der Waals surface area contributed by atoms with Gasteiger partial charge in [-0.05, 0) is 30.4 Å². The highest BCUT2D eigenvalue weighted by Crippen LogP contribution is 2.18. The minimum absolute atomic E-state index is 0.792. The Kier molecular flexibility index (Phi) is 3.79. The molecule has 1 N–H and O–H groups in total. The number of nitrogens with one attached hydrogen (secondary N) is 1. The molecule has 1 heteroatoms. The third-order valence-corrected chi connectivity index (χ3v) is 3.26. The minimum Gasteiger partial charge on any atom is -0.310 e. The number of hydrogen-bond acceptors (Lipinski definition) is 1. The van der Waals surface area contributed by atoms with Crippen molar-refractivity contribution in [1.29, 1.82) is 0 Å². The molecule has 1 aromatic carbocycles. The van der Waals surface area contributed by atoms with Gasteiger partial charge in [0.2, 0.25) is 0 Å². The summed E-state index contributed by atoms with van der Waals surface area (Å²) in [4.78, 5) is 0. The molecule has 0 atom stereocenters. The molecule has 0 unspecified atom stereocenters. The van der Waals surface area contributed by atoms with Crippen LogP contribution in [0.3, 0.4) is 0 Å². The van der Waals surface area contributed by atoms with Crippen LogP contribution in [-0.2, 0) is 13.0 Å². The highest BCUT2D eigenvalue weighted by Gasteiger charge is 2.15. The second kappa shape index (κ2) is 5.32. The highest BCUT2D eigenvalue weighted by molar-refractivity contribution is 5.22. The first kappa shape index (κ1) is 10.7. The summed E-state index contributed by atoms with van der Waals surface area (Å²) < 4.78 is 0. The van der Waals surface area contributed by atoms with Gasteiger partial charge in [0.25, 0.3) is 0 Å². The predicted molar refractivity (Wildman–Crippen MR) is 64.9 cm³/mol. The predicted octanol–water partition coefficient (Wildman–Crippen LogP) is 3.28. The fourth-order valence-corrected chi connectivity index (χ4v) is 1.99. The lowest BCUT2D eigenvalue weighted by Gasteiger charge is -2.26. The molecule has 1 nitrogen and oxygen atoms in total. The van der Waals surface area contributed by atoms with Crippen LogP contribution in [0.15, 0.2) is 24.3 Å². The molecule has 0 bridgehead atoms. The maximum absolute atomic E-state index is 3.59. The Bertz CT molecular complexity index is 285. The first-order chi connectivity index (χ1) is 7.38. The van der Waals surface area contributed by atoms with Crippen LogP contribution in [0.5, 0.6) is 0 Å². The molecular weight excluding hydrogens is 182 g/mol. The molecule has 1 aliphatic rings. The Morgan fingerprint density at radius 1 is 1.13 bits per heavy atom. The van der Waals surface area contributed by atoms with Crippen molar-refractivity contribution < 1.29 is 0 Å². The normalized spacial score (nSPS) is 16.3. The van der Waals surface area contributed by atoms with Crippen LogP contribution in [0.25, 0.3) is 0 Å². The molecule has 82 valence electrons. The van der Waals surface area contributed by atoms with Gasteiger partial charge in [-0.15, -0.1) is 0 Å². The second-order valence-electron chi connectivity index (χ2n) is 4.58. The first-order valence-electron chi connectivity index (χ1n) is 6.19. The van der Waals surface area contributed by atoms with Crippen molar-refractivity contribution in [1.82, 2.24) is 5.32 Å². The number of hydrogen-bond donors (Lipinski definition) is 1. The van der Waals surface area contributed by atoms with Crippen LogP contribution in [0.4, 0.5) is 0 Å². The molecular formula is C14H21N. The summed E-state index contributed by atoms with van der Waals surface area (Å²) in [6.07, 6.45) is 6.59. The third kappa shape index (κ3) is 3.07. The average molecular weight is 203 g/mol. The van der Waals surface area contributed by atoms with Crippen LogP contribution in [0.1, 0.15) is 43.7 Å². The van der Waals surface area contributed by atoms with Gasteiger partial charge in [0.15, 0.2) is 0 Å². The lowest BCUT2D eigenvalue weighted by molar-refractivity contribution is 0.338. The minimum atomic E-state index is 0.792. The number of aryl methyl sites for hydroxylation is 1. The van der Waals surface area contributed by atoms with E-state index in [9.17, 15) is 0 Å². The molecule has 1 saturated carbocycles. The SMILES string of the molecule is CCCc1ccc(CNC2CCC2)cc1. The van der Waals surface area contributed by atoms with E-state index in [4.69, 9.17) is 0 Å². The smallest absolute Gasteiger partial charge is 0.0208 e. The van der Waals surface area contributed by atoms with E-state index in [1.807, 2.05) is 0 Å². The van der Waals surface area contributed by atoms with Crippen molar-refractivity contribution in [2.45, 2.75) is 51.6 Å². The van der Waals surface area contributed by atoms with Gasteiger partial charge in [-0.2, -0.15) is 0 Å². The summed E-state index contributed by atoms with van der Waals surface area (Å²) >= 11 is 0. The van der Waals surface area contributed by atoms with Crippen molar-refractivity contribution in [2.24, 2.45) is 0 Å². The second-order valence-corrected chi connectivity index (χ2v) is 4.58. The summed E-state index contributed by atoms with van der Waals surface area (Å²) in [5, 5.41) is 3.59. The fourth-order valence-electron chi connectivity index (χ4n) is 1.99. The van der Waals surface area contributed by atoms with Crippen molar-refractivity contribution >= 4 is 0 Å². The van der Waals surface area contributed by atoms with E-state index in [1.165, 1.54) is 43.2 Å². The Labute approximate surface area is 92.9 Å². The molecule has 0 heterocycles. The van der Waals surface area contributed by atoms with Crippen LogP contribution in [0, 0.1) is 0 Å². The summed E-state index contributed by atoms with van der Waals surface area (Å²) in [7, 11) is 0. The Balaban J connectivity index is 1.80.